The Labute approximate surface area is 95.1 Å². The maximum Gasteiger partial charge on any atom is 0.337 e. The maximum atomic E-state index is 11.3. The van der Waals surface area contributed by atoms with E-state index in [1.807, 2.05) is 14.1 Å². The van der Waals surface area contributed by atoms with Gasteiger partial charge in [-0.15, -0.1) is 0 Å². The lowest BCUT2D eigenvalue weighted by Gasteiger charge is -2.04. The van der Waals surface area contributed by atoms with Crippen LogP contribution in [-0.4, -0.2) is 32.1 Å². The minimum absolute atomic E-state index is 0.404. The Balaban J connectivity index is 2.56. The van der Waals surface area contributed by atoms with E-state index in [1.165, 1.54) is 6.08 Å². The maximum absolute atomic E-state index is 11.3. The number of methoxy groups -OCH3 is 1. The molecule has 0 spiro atoms. The van der Waals surface area contributed by atoms with Gasteiger partial charge in [0.25, 0.3) is 0 Å². The quantitative estimate of drug-likeness (QED) is 0.440. The van der Waals surface area contributed by atoms with Gasteiger partial charge in [0.1, 0.15) is 11.5 Å². The number of ether oxygens (including phenoxy) is 2. The fourth-order valence-electron chi connectivity index (χ4n) is 1.00. The molecule has 0 unspecified atom stereocenters. The van der Waals surface area contributed by atoms with Gasteiger partial charge in [-0.25, -0.2) is 4.79 Å². The zero-order valence-corrected chi connectivity index (χ0v) is 9.64. The highest BCUT2D eigenvalue weighted by molar-refractivity contribution is 5.83. The van der Waals surface area contributed by atoms with E-state index in [4.69, 9.17) is 9.47 Å². The fourth-order valence-corrected chi connectivity index (χ4v) is 1.00. The van der Waals surface area contributed by atoms with Crippen LogP contribution in [0.15, 0.2) is 36.5 Å². The van der Waals surface area contributed by atoms with Crippen molar-refractivity contribution in [2.75, 3.05) is 21.2 Å². The predicted octanol–water partition coefficient (Wildman–Crippen LogP) is 1.68. The summed E-state index contributed by atoms with van der Waals surface area (Å²) < 4.78 is 10.0. The normalized spacial score (nSPS) is 10.2. The third kappa shape index (κ3) is 4.04. The fraction of sp³-hybridized carbons (Fsp3) is 0.250. The van der Waals surface area contributed by atoms with Crippen molar-refractivity contribution in [1.82, 2.24) is 4.90 Å². The lowest BCUT2D eigenvalue weighted by atomic mass is 10.3. The molecule has 86 valence electrons. The molecule has 1 aromatic carbocycles. The van der Waals surface area contributed by atoms with Crippen LogP contribution in [0.5, 0.6) is 11.5 Å². The monoisotopic (exact) mass is 221 g/mol. The molecule has 0 fully saturated rings. The molecule has 0 radical (unpaired) electrons. The summed E-state index contributed by atoms with van der Waals surface area (Å²) in [5.74, 6) is 0.816. The first-order chi connectivity index (χ1) is 7.61. The largest absolute Gasteiger partial charge is 0.497 e. The molecule has 16 heavy (non-hydrogen) atoms. The van der Waals surface area contributed by atoms with E-state index in [0.717, 1.165) is 5.75 Å². The van der Waals surface area contributed by atoms with Gasteiger partial charge in [0, 0.05) is 26.4 Å². The van der Waals surface area contributed by atoms with Crippen LogP contribution in [0.2, 0.25) is 0 Å². The third-order valence-corrected chi connectivity index (χ3v) is 1.79. The molecule has 4 heteroatoms. The molecule has 0 saturated heterocycles. The van der Waals surface area contributed by atoms with Crippen LogP contribution >= 0.6 is 0 Å². The highest BCUT2D eigenvalue weighted by Crippen LogP contribution is 2.17. The minimum Gasteiger partial charge on any atom is -0.497 e. The first-order valence-corrected chi connectivity index (χ1v) is 4.82. The van der Waals surface area contributed by atoms with Crippen molar-refractivity contribution >= 4 is 5.97 Å². The Morgan fingerprint density at radius 1 is 1.19 bits per heavy atom. The van der Waals surface area contributed by atoms with Gasteiger partial charge in [0.15, 0.2) is 0 Å². The van der Waals surface area contributed by atoms with E-state index < -0.39 is 5.97 Å². The van der Waals surface area contributed by atoms with Crippen LogP contribution in [0, 0.1) is 0 Å². The summed E-state index contributed by atoms with van der Waals surface area (Å²) in [6.45, 7) is 0. The smallest absolute Gasteiger partial charge is 0.337 e. The molecule has 0 aromatic heterocycles. The van der Waals surface area contributed by atoms with Crippen molar-refractivity contribution < 1.29 is 14.3 Å². The number of carbonyl (C=O) groups excluding carboxylic acids is 1. The van der Waals surface area contributed by atoms with Crippen LogP contribution in [0.25, 0.3) is 0 Å². The van der Waals surface area contributed by atoms with Gasteiger partial charge in [-0.2, -0.15) is 0 Å². The van der Waals surface area contributed by atoms with Gasteiger partial charge in [0.05, 0.1) is 7.11 Å². The first-order valence-electron chi connectivity index (χ1n) is 4.82. The van der Waals surface area contributed by atoms with Crippen molar-refractivity contribution in [2.45, 2.75) is 0 Å². The molecule has 0 aliphatic heterocycles. The van der Waals surface area contributed by atoms with Crippen LogP contribution < -0.4 is 9.47 Å². The van der Waals surface area contributed by atoms with Crippen molar-refractivity contribution in [2.24, 2.45) is 0 Å². The predicted molar refractivity (Wildman–Crippen MR) is 61.5 cm³/mol. The van der Waals surface area contributed by atoms with E-state index in [1.54, 1.807) is 42.5 Å². The summed E-state index contributed by atoms with van der Waals surface area (Å²) in [7, 11) is 5.25. The molecule has 0 amide bonds. The molecule has 4 nitrogen and oxygen atoms in total. The standard InChI is InChI=1S/C12H15NO3/c1-13(2)9-8-12(14)16-11-6-4-10(15-3)5-7-11/h4-9H,1-3H3. The summed E-state index contributed by atoms with van der Waals surface area (Å²) >= 11 is 0. The van der Waals surface area contributed by atoms with Crippen LogP contribution in [0.4, 0.5) is 0 Å². The SMILES string of the molecule is COc1ccc(OC(=O)C=CN(C)C)cc1. The van der Waals surface area contributed by atoms with Crippen LogP contribution in [0.1, 0.15) is 0 Å². The number of hydrogen-bond acceptors (Lipinski definition) is 4. The molecular formula is C12H15NO3. The number of nitrogens with zero attached hydrogens (tertiary/aromatic N) is 1. The highest BCUT2D eigenvalue weighted by Gasteiger charge is 2.00. The number of hydrogen-bond donors (Lipinski definition) is 0. The van der Waals surface area contributed by atoms with Gasteiger partial charge in [0.2, 0.25) is 0 Å². The van der Waals surface area contributed by atoms with Crippen molar-refractivity contribution in [3.8, 4) is 11.5 Å². The number of benzene rings is 1. The molecule has 0 saturated carbocycles. The molecule has 0 bridgehead atoms. The van der Waals surface area contributed by atoms with E-state index in [2.05, 4.69) is 0 Å². The molecule has 0 heterocycles. The summed E-state index contributed by atoms with van der Waals surface area (Å²) in [5.41, 5.74) is 0. The zero-order valence-electron chi connectivity index (χ0n) is 9.64. The Hall–Kier alpha value is -1.97. The summed E-state index contributed by atoms with van der Waals surface area (Å²) in [4.78, 5) is 13.1. The molecule has 0 aliphatic rings. The zero-order chi connectivity index (χ0) is 12.0. The van der Waals surface area contributed by atoms with E-state index in [0.29, 0.717) is 5.75 Å². The van der Waals surface area contributed by atoms with Gasteiger partial charge < -0.3 is 14.4 Å². The number of esters is 1. The average Bonchev–Trinajstić information content (AvgIpc) is 2.27. The minimum atomic E-state index is -0.404. The molecule has 0 atom stereocenters. The van der Waals surface area contributed by atoms with Crippen molar-refractivity contribution in [1.29, 1.82) is 0 Å². The number of rotatable bonds is 4. The average molecular weight is 221 g/mol. The van der Waals surface area contributed by atoms with Crippen molar-refractivity contribution in [3.05, 3.63) is 36.5 Å². The molecule has 0 N–H and O–H groups in total. The van der Waals surface area contributed by atoms with Gasteiger partial charge in [-0.3, -0.25) is 0 Å². The topological polar surface area (TPSA) is 38.8 Å². The van der Waals surface area contributed by atoms with Gasteiger partial charge >= 0.3 is 5.97 Å². The molecule has 1 rings (SSSR count). The summed E-state index contributed by atoms with van der Waals surface area (Å²) in [6, 6.07) is 6.83. The van der Waals surface area contributed by atoms with E-state index in [9.17, 15) is 4.79 Å². The second-order valence-electron chi connectivity index (χ2n) is 3.38. The van der Waals surface area contributed by atoms with Gasteiger partial charge in [-0.05, 0) is 24.3 Å². The Morgan fingerprint density at radius 3 is 2.25 bits per heavy atom. The first kappa shape index (κ1) is 12.1. The second kappa shape index (κ2) is 5.80. The van der Waals surface area contributed by atoms with Crippen LogP contribution in [0.3, 0.4) is 0 Å². The van der Waals surface area contributed by atoms with Crippen molar-refractivity contribution in [3.63, 3.8) is 0 Å². The molecule has 0 aliphatic carbocycles. The number of carbonyl (C=O) groups is 1. The highest BCUT2D eigenvalue weighted by atomic mass is 16.5. The van der Waals surface area contributed by atoms with Crippen LogP contribution in [-0.2, 0) is 4.79 Å². The lowest BCUT2D eigenvalue weighted by molar-refractivity contribution is -0.129. The third-order valence-electron chi connectivity index (χ3n) is 1.79. The molecule has 1 aromatic rings. The van der Waals surface area contributed by atoms with Gasteiger partial charge in [-0.1, -0.05) is 0 Å². The van der Waals surface area contributed by atoms with E-state index in [-0.39, 0.29) is 0 Å². The summed E-state index contributed by atoms with van der Waals surface area (Å²) in [6.07, 6.45) is 3.00. The molecular weight excluding hydrogens is 206 g/mol. The summed E-state index contributed by atoms with van der Waals surface area (Å²) in [5, 5.41) is 0. The Kier molecular flexibility index (Phi) is 4.39. The van der Waals surface area contributed by atoms with E-state index >= 15 is 0 Å². The Morgan fingerprint density at radius 2 is 1.75 bits per heavy atom. The Bertz CT molecular complexity index is 368. The lowest BCUT2D eigenvalue weighted by Crippen LogP contribution is -2.07. The second-order valence-corrected chi connectivity index (χ2v) is 3.38.